The summed E-state index contributed by atoms with van der Waals surface area (Å²) < 4.78 is 31.2. The molecular formula is C23H34NO3S+. The topological polar surface area (TPSA) is 54.4 Å². The Labute approximate surface area is 170 Å². The molecule has 28 heavy (non-hydrogen) atoms. The molecule has 154 valence electrons. The van der Waals surface area contributed by atoms with Gasteiger partial charge in [0.15, 0.2) is 0 Å². The van der Waals surface area contributed by atoms with E-state index in [4.69, 9.17) is 4.55 Å². The zero-order valence-electron chi connectivity index (χ0n) is 17.2. The molecule has 0 aliphatic rings. The summed E-state index contributed by atoms with van der Waals surface area (Å²) in [5.74, 6) is -0.129. The molecule has 0 amide bonds. The molecule has 1 N–H and O–H groups in total. The Morgan fingerprint density at radius 3 is 1.93 bits per heavy atom. The maximum atomic E-state index is 10.8. The number of unbranched alkanes of at least 4 members (excludes halogenated alkanes) is 3. The van der Waals surface area contributed by atoms with E-state index in [0.717, 1.165) is 30.4 Å². The number of nitrogens with zero attached hydrogens (tertiary/aromatic N) is 1. The second kappa shape index (κ2) is 10.7. The number of aryl methyl sites for hydroxylation is 1. The van der Waals surface area contributed by atoms with E-state index < -0.39 is 10.1 Å². The van der Waals surface area contributed by atoms with Crippen molar-refractivity contribution in [2.45, 2.75) is 38.5 Å². The minimum Gasteiger partial charge on any atom is -0.328 e. The monoisotopic (exact) mass is 404 g/mol. The highest BCUT2D eigenvalue weighted by Crippen LogP contribution is 2.20. The van der Waals surface area contributed by atoms with Gasteiger partial charge in [0.1, 0.15) is 0 Å². The Bertz CT molecular complexity index is 800. The van der Waals surface area contributed by atoms with Crippen LogP contribution in [0.3, 0.4) is 0 Å². The quantitative estimate of drug-likeness (QED) is 0.314. The van der Waals surface area contributed by atoms with Gasteiger partial charge in [-0.3, -0.25) is 4.55 Å². The number of hydrogen-bond acceptors (Lipinski definition) is 2. The zero-order chi connectivity index (χ0) is 20.5. The molecule has 0 bridgehead atoms. The Morgan fingerprint density at radius 1 is 0.750 bits per heavy atom. The lowest BCUT2D eigenvalue weighted by Crippen LogP contribution is -2.41. The van der Waals surface area contributed by atoms with E-state index >= 15 is 0 Å². The average molecular weight is 405 g/mol. The fourth-order valence-electron chi connectivity index (χ4n) is 3.48. The lowest BCUT2D eigenvalue weighted by Gasteiger charge is -2.29. The summed E-state index contributed by atoms with van der Waals surface area (Å²) in [5.41, 5.74) is 3.90. The Balaban J connectivity index is 1.63. The molecule has 0 aliphatic heterocycles. The number of hydrogen-bond donors (Lipinski definition) is 1. The molecule has 2 aromatic carbocycles. The third-order valence-corrected chi connectivity index (χ3v) is 6.01. The van der Waals surface area contributed by atoms with E-state index in [1.807, 2.05) is 6.07 Å². The average Bonchev–Trinajstić information content (AvgIpc) is 2.65. The molecule has 0 fully saturated rings. The standard InChI is InChI=1S/C23H33NO3S/c1-24(2,19-9-10-20-28(25,26)27)18-8-4-5-11-21-14-16-23(17-15-21)22-12-6-3-7-13-22/h3,6-7,12-17H,4-5,8-11,18-20H2,1-2H3/p+1. The van der Waals surface area contributed by atoms with Gasteiger partial charge in [-0.05, 0) is 55.2 Å². The maximum Gasteiger partial charge on any atom is 0.264 e. The maximum absolute atomic E-state index is 10.8. The van der Waals surface area contributed by atoms with Crippen molar-refractivity contribution in [1.29, 1.82) is 0 Å². The van der Waals surface area contributed by atoms with Crippen LogP contribution < -0.4 is 0 Å². The third-order valence-electron chi connectivity index (χ3n) is 5.21. The van der Waals surface area contributed by atoms with Gasteiger partial charge in [0, 0.05) is 0 Å². The fraction of sp³-hybridized carbons (Fsp3) is 0.478. The van der Waals surface area contributed by atoms with Crippen molar-refractivity contribution in [2.24, 2.45) is 0 Å². The van der Waals surface area contributed by atoms with Gasteiger partial charge in [0.2, 0.25) is 0 Å². The molecule has 2 aromatic rings. The van der Waals surface area contributed by atoms with Crippen LogP contribution in [0.1, 0.15) is 37.7 Å². The van der Waals surface area contributed by atoms with Crippen LogP contribution in [-0.4, -0.2) is 50.4 Å². The Hall–Kier alpha value is -1.69. The van der Waals surface area contributed by atoms with Gasteiger partial charge < -0.3 is 4.48 Å². The van der Waals surface area contributed by atoms with Crippen LogP contribution in [0.2, 0.25) is 0 Å². The SMILES string of the molecule is C[N+](C)(CCCCCc1ccc(-c2ccccc2)cc1)CCCCS(=O)(=O)O. The van der Waals surface area contributed by atoms with Crippen molar-refractivity contribution in [2.75, 3.05) is 32.9 Å². The molecule has 0 saturated heterocycles. The van der Waals surface area contributed by atoms with E-state index in [0.29, 0.717) is 6.42 Å². The highest BCUT2D eigenvalue weighted by Gasteiger charge is 2.14. The smallest absolute Gasteiger partial charge is 0.264 e. The number of benzene rings is 2. The minimum atomic E-state index is -3.82. The van der Waals surface area contributed by atoms with Crippen LogP contribution in [0, 0.1) is 0 Å². The molecule has 0 atom stereocenters. The molecular weight excluding hydrogens is 370 g/mol. The summed E-state index contributed by atoms with van der Waals surface area (Å²) >= 11 is 0. The Morgan fingerprint density at radius 2 is 1.32 bits per heavy atom. The summed E-state index contributed by atoms with van der Waals surface area (Å²) in [7, 11) is 0.562. The first-order chi connectivity index (χ1) is 13.3. The van der Waals surface area contributed by atoms with E-state index in [-0.39, 0.29) is 5.75 Å². The first-order valence-corrected chi connectivity index (χ1v) is 11.8. The summed E-state index contributed by atoms with van der Waals surface area (Å²) in [6.45, 7) is 2.04. The first-order valence-electron chi connectivity index (χ1n) is 10.2. The van der Waals surface area contributed by atoms with Crippen LogP contribution in [-0.2, 0) is 16.5 Å². The van der Waals surface area contributed by atoms with Gasteiger partial charge in [-0.25, -0.2) is 0 Å². The second-order valence-corrected chi connectivity index (χ2v) is 9.82. The summed E-state index contributed by atoms with van der Waals surface area (Å²) in [5, 5.41) is 0. The van der Waals surface area contributed by atoms with Gasteiger partial charge in [-0.15, -0.1) is 0 Å². The molecule has 0 radical (unpaired) electrons. The van der Waals surface area contributed by atoms with E-state index in [1.54, 1.807) is 0 Å². The van der Waals surface area contributed by atoms with Crippen molar-refractivity contribution < 1.29 is 17.5 Å². The van der Waals surface area contributed by atoms with Crippen LogP contribution >= 0.6 is 0 Å². The van der Waals surface area contributed by atoms with Gasteiger partial charge >= 0.3 is 0 Å². The summed E-state index contributed by atoms with van der Waals surface area (Å²) in [6.07, 6.45) is 6.02. The number of rotatable bonds is 12. The van der Waals surface area contributed by atoms with Crippen LogP contribution in [0.4, 0.5) is 0 Å². The van der Waals surface area contributed by atoms with Gasteiger partial charge in [-0.1, -0.05) is 54.6 Å². The van der Waals surface area contributed by atoms with E-state index in [1.165, 1.54) is 36.0 Å². The molecule has 0 aliphatic carbocycles. The second-order valence-electron chi connectivity index (χ2n) is 8.25. The van der Waals surface area contributed by atoms with Crippen molar-refractivity contribution >= 4 is 10.1 Å². The number of quaternary nitrogens is 1. The van der Waals surface area contributed by atoms with Crippen molar-refractivity contribution in [3.05, 3.63) is 60.2 Å². The largest absolute Gasteiger partial charge is 0.328 e. The molecule has 2 rings (SSSR count). The van der Waals surface area contributed by atoms with Crippen molar-refractivity contribution in [3.8, 4) is 11.1 Å². The van der Waals surface area contributed by atoms with E-state index in [2.05, 4.69) is 62.6 Å². The van der Waals surface area contributed by atoms with Gasteiger partial charge in [-0.2, -0.15) is 8.42 Å². The van der Waals surface area contributed by atoms with Crippen molar-refractivity contribution in [3.63, 3.8) is 0 Å². The molecule has 0 aromatic heterocycles. The zero-order valence-corrected chi connectivity index (χ0v) is 18.0. The molecule has 0 heterocycles. The fourth-order valence-corrected chi connectivity index (χ4v) is 4.05. The van der Waals surface area contributed by atoms with Gasteiger partial charge in [0.25, 0.3) is 10.1 Å². The van der Waals surface area contributed by atoms with Crippen LogP contribution in [0.5, 0.6) is 0 Å². The highest BCUT2D eigenvalue weighted by molar-refractivity contribution is 7.85. The highest BCUT2D eigenvalue weighted by atomic mass is 32.2. The Kier molecular flexibility index (Phi) is 8.67. The van der Waals surface area contributed by atoms with Crippen LogP contribution in [0.15, 0.2) is 54.6 Å². The predicted octanol–water partition coefficient (Wildman–Crippen LogP) is 4.81. The molecule has 0 spiro atoms. The third kappa shape index (κ3) is 9.00. The van der Waals surface area contributed by atoms with Gasteiger partial charge in [0.05, 0.1) is 32.9 Å². The normalized spacial score (nSPS) is 12.2. The lowest BCUT2D eigenvalue weighted by molar-refractivity contribution is -0.890. The van der Waals surface area contributed by atoms with Crippen LogP contribution in [0.25, 0.3) is 11.1 Å². The summed E-state index contributed by atoms with van der Waals surface area (Å²) in [4.78, 5) is 0. The first kappa shape index (κ1) is 22.6. The van der Waals surface area contributed by atoms with E-state index in [9.17, 15) is 8.42 Å². The molecule has 0 unspecified atom stereocenters. The molecule has 0 saturated carbocycles. The lowest BCUT2D eigenvalue weighted by atomic mass is 10.0. The molecule has 4 nitrogen and oxygen atoms in total. The molecule has 5 heteroatoms. The summed E-state index contributed by atoms with van der Waals surface area (Å²) in [6, 6.07) is 19.3. The minimum absolute atomic E-state index is 0.129. The predicted molar refractivity (Wildman–Crippen MR) is 117 cm³/mol. The van der Waals surface area contributed by atoms with Crippen molar-refractivity contribution in [1.82, 2.24) is 0 Å².